The van der Waals surface area contributed by atoms with Gasteiger partial charge in [-0.1, -0.05) is 0 Å². The molecule has 0 spiro atoms. The van der Waals surface area contributed by atoms with E-state index in [1.165, 1.54) is 19.3 Å². The minimum absolute atomic E-state index is 0.125. The molecule has 2 unspecified atom stereocenters. The van der Waals surface area contributed by atoms with Crippen molar-refractivity contribution in [3.63, 3.8) is 0 Å². The lowest BCUT2D eigenvalue weighted by atomic mass is 10.1. The number of halogens is 2. The van der Waals surface area contributed by atoms with Crippen LogP contribution in [0.1, 0.15) is 13.3 Å². The molecule has 1 fully saturated rings. The van der Waals surface area contributed by atoms with E-state index in [0.717, 1.165) is 22.4 Å². The normalized spacial score (nSPS) is 20.8. The Morgan fingerprint density at radius 2 is 2.06 bits per heavy atom. The van der Waals surface area contributed by atoms with Crippen LogP contribution in [-0.2, 0) is 16.5 Å². The molecule has 0 bridgehead atoms. The first-order chi connectivity index (χ1) is 16.3. The number of hydrogen-bond acceptors (Lipinski definition) is 6. The van der Waals surface area contributed by atoms with Crippen molar-refractivity contribution >= 4 is 16.7 Å². The lowest BCUT2D eigenvalue weighted by Crippen LogP contribution is -2.57. The molecule has 1 aliphatic heterocycles. The van der Waals surface area contributed by atoms with Gasteiger partial charge in [-0.25, -0.2) is 13.6 Å². The van der Waals surface area contributed by atoms with Gasteiger partial charge in [-0.05, 0) is 37.3 Å². The molecule has 2 aliphatic rings. The number of H-pyrrole nitrogens is 1. The molecule has 4 rings (SSSR count). The molecule has 2 N–H and O–H groups in total. The third-order valence-electron chi connectivity index (χ3n) is 6.53. The second-order valence-corrected chi connectivity index (χ2v) is 8.60. The molecule has 34 heavy (non-hydrogen) atoms. The SMILES string of the molecule is COC1=C(F)C=C(N2CCN(C(CNc3ccc4[nH]c(=O)n(C)c4c3)OC)C(C)C2)CC=C1F. The summed E-state index contributed by atoms with van der Waals surface area (Å²) in [5, 5.41) is 3.41. The van der Waals surface area contributed by atoms with E-state index >= 15 is 0 Å². The highest BCUT2D eigenvalue weighted by Crippen LogP contribution is 2.29. The lowest BCUT2D eigenvalue weighted by Gasteiger charge is -2.44. The van der Waals surface area contributed by atoms with E-state index < -0.39 is 11.7 Å². The number of nitrogens with zero attached hydrogens (tertiary/aromatic N) is 3. The summed E-state index contributed by atoms with van der Waals surface area (Å²) in [6, 6.07) is 5.86. The minimum Gasteiger partial charge on any atom is -0.491 e. The molecule has 8 nitrogen and oxygen atoms in total. The standard InChI is InChI=1S/C24H31F2N5O3/c1-15-14-30(17-6-7-18(25)23(34-4)19(26)12-17)9-10-31(15)22(33-3)13-27-16-5-8-20-21(11-16)29(2)24(32)28-20/h5,7-8,11-12,15,22,27H,6,9-10,13-14H2,1-4H3,(H,28,32). The highest BCUT2D eigenvalue weighted by atomic mass is 19.1. The first-order valence-electron chi connectivity index (χ1n) is 11.3. The molecular weight excluding hydrogens is 444 g/mol. The molecule has 1 aromatic carbocycles. The summed E-state index contributed by atoms with van der Waals surface area (Å²) >= 11 is 0. The number of aryl methyl sites for hydroxylation is 1. The fourth-order valence-electron chi connectivity index (χ4n) is 4.62. The van der Waals surface area contributed by atoms with Gasteiger partial charge in [-0.15, -0.1) is 0 Å². The molecule has 1 aliphatic carbocycles. The van der Waals surface area contributed by atoms with Crippen LogP contribution in [0.5, 0.6) is 0 Å². The monoisotopic (exact) mass is 475 g/mol. The molecule has 0 saturated carbocycles. The van der Waals surface area contributed by atoms with E-state index in [1.54, 1.807) is 18.7 Å². The van der Waals surface area contributed by atoms with Crippen molar-refractivity contribution in [2.24, 2.45) is 7.05 Å². The Morgan fingerprint density at radius 3 is 2.76 bits per heavy atom. The molecule has 1 saturated heterocycles. The number of nitrogens with one attached hydrogen (secondary N) is 2. The van der Waals surface area contributed by atoms with Gasteiger partial charge < -0.3 is 24.7 Å². The summed E-state index contributed by atoms with van der Waals surface area (Å²) in [6.07, 6.45) is 2.84. The third-order valence-corrected chi connectivity index (χ3v) is 6.53. The van der Waals surface area contributed by atoms with Gasteiger partial charge in [-0.2, -0.15) is 0 Å². The van der Waals surface area contributed by atoms with E-state index in [1.807, 2.05) is 18.2 Å². The lowest BCUT2D eigenvalue weighted by molar-refractivity contribution is -0.0656. The number of methoxy groups -OCH3 is 2. The number of ether oxygens (including phenoxy) is 2. The fourth-order valence-corrected chi connectivity index (χ4v) is 4.62. The van der Waals surface area contributed by atoms with Crippen molar-refractivity contribution in [1.29, 1.82) is 0 Å². The Balaban J connectivity index is 1.41. The first kappa shape index (κ1) is 24.0. The first-order valence-corrected chi connectivity index (χ1v) is 11.3. The highest BCUT2D eigenvalue weighted by molar-refractivity contribution is 5.79. The zero-order valence-corrected chi connectivity index (χ0v) is 19.9. The highest BCUT2D eigenvalue weighted by Gasteiger charge is 2.31. The second kappa shape index (κ2) is 10.0. The zero-order valence-electron chi connectivity index (χ0n) is 19.9. The van der Waals surface area contributed by atoms with E-state index in [4.69, 9.17) is 9.47 Å². The number of rotatable bonds is 7. The second-order valence-electron chi connectivity index (χ2n) is 8.60. The average molecular weight is 476 g/mol. The smallest absolute Gasteiger partial charge is 0.326 e. The number of hydrogen-bond donors (Lipinski definition) is 2. The van der Waals surface area contributed by atoms with Gasteiger partial charge in [0, 0.05) is 57.6 Å². The van der Waals surface area contributed by atoms with Crippen LogP contribution < -0.4 is 11.0 Å². The zero-order chi connectivity index (χ0) is 24.4. The topological polar surface area (TPSA) is 74.8 Å². The number of benzene rings is 1. The quantitative estimate of drug-likeness (QED) is 0.641. The summed E-state index contributed by atoms with van der Waals surface area (Å²) in [4.78, 5) is 19.0. The van der Waals surface area contributed by atoms with Crippen molar-refractivity contribution in [3.8, 4) is 0 Å². The van der Waals surface area contributed by atoms with Crippen LogP contribution in [-0.4, -0.2) is 72.0 Å². The van der Waals surface area contributed by atoms with Crippen molar-refractivity contribution in [1.82, 2.24) is 19.4 Å². The van der Waals surface area contributed by atoms with Crippen LogP contribution in [0.15, 0.2) is 58.3 Å². The number of piperazine rings is 1. The number of imidazole rings is 1. The van der Waals surface area contributed by atoms with Gasteiger partial charge in [0.2, 0.25) is 0 Å². The van der Waals surface area contributed by atoms with Gasteiger partial charge in [-0.3, -0.25) is 9.47 Å². The van der Waals surface area contributed by atoms with Gasteiger partial charge in [0.1, 0.15) is 6.23 Å². The maximum absolute atomic E-state index is 14.4. The van der Waals surface area contributed by atoms with E-state index in [2.05, 4.69) is 27.0 Å². The predicted molar refractivity (Wildman–Crippen MR) is 128 cm³/mol. The van der Waals surface area contributed by atoms with Crippen molar-refractivity contribution in [2.45, 2.75) is 25.6 Å². The molecule has 0 amide bonds. The van der Waals surface area contributed by atoms with E-state index in [0.29, 0.717) is 32.6 Å². The summed E-state index contributed by atoms with van der Waals surface area (Å²) in [5.41, 5.74) is 3.08. The maximum atomic E-state index is 14.4. The Kier molecular flexibility index (Phi) is 7.08. The summed E-state index contributed by atoms with van der Waals surface area (Å²) in [6.45, 7) is 4.68. The molecule has 2 heterocycles. The number of anilines is 1. The number of fused-ring (bicyclic) bond motifs is 1. The van der Waals surface area contributed by atoms with Gasteiger partial charge in [0.15, 0.2) is 17.4 Å². The Labute approximate surface area is 197 Å². The van der Waals surface area contributed by atoms with Crippen molar-refractivity contribution < 1.29 is 18.3 Å². The van der Waals surface area contributed by atoms with Crippen LogP contribution in [0.2, 0.25) is 0 Å². The molecule has 0 radical (unpaired) electrons. The van der Waals surface area contributed by atoms with E-state index in [-0.39, 0.29) is 23.7 Å². The van der Waals surface area contributed by atoms with Gasteiger partial charge in [0.25, 0.3) is 0 Å². The fraction of sp³-hybridized carbons (Fsp3) is 0.458. The molecular formula is C24H31F2N5O3. The van der Waals surface area contributed by atoms with Gasteiger partial charge in [0.05, 0.1) is 24.7 Å². The number of aromatic amines is 1. The molecule has 10 heteroatoms. The van der Waals surface area contributed by atoms with Crippen LogP contribution >= 0.6 is 0 Å². The summed E-state index contributed by atoms with van der Waals surface area (Å²) in [7, 11) is 4.67. The predicted octanol–water partition coefficient (Wildman–Crippen LogP) is 3.23. The van der Waals surface area contributed by atoms with Crippen molar-refractivity contribution in [3.05, 3.63) is 63.9 Å². The average Bonchev–Trinajstić information content (AvgIpc) is 3.01. The Bertz CT molecular complexity index is 1200. The summed E-state index contributed by atoms with van der Waals surface area (Å²) in [5.74, 6) is -1.74. The third kappa shape index (κ3) is 4.74. The molecule has 2 aromatic rings. The van der Waals surface area contributed by atoms with Crippen molar-refractivity contribution in [2.75, 3.05) is 45.7 Å². The van der Waals surface area contributed by atoms with Crippen LogP contribution in [0.25, 0.3) is 11.0 Å². The van der Waals surface area contributed by atoms with Crippen LogP contribution in [0.4, 0.5) is 14.5 Å². The number of aromatic nitrogens is 2. The number of allylic oxidation sites excluding steroid dienone is 4. The Hall–Kier alpha value is -3.11. The van der Waals surface area contributed by atoms with E-state index in [9.17, 15) is 13.6 Å². The van der Waals surface area contributed by atoms with Crippen LogP contribution in [0, 0.1) is 0 Å². The van der Waals surface area contributed by atoms with Gasteiger partial charge >= 0.3 is 5.69 Å². The van der Waals surface area contributed by atoms with Crippen LogP contribution in [0.3, 0.4) is 0 Å². The Morgan fingerprint density at radius 1 is 1.26 bits per heavy atom. The molecule has 2 atom stereocenters. The summed E-state index contributed by atoms with van der Waals surface area (Å²) < 4.78 is 40.7. The maximum Gasteiger partial charge on any atom is 0.326 e. The minimum atomic E-state index is -0.699. The largest absolute Gasteiger partial charge is 0.491 e. The molecule has 1 aromatic heterocycles. The molecule has 184 valence electrons.